The summed E-state index contributed by atoms with van der Waals surface area (Å²) in [5.74, 6) is 0. The first-order valence-electron chi connectivity index (χ1n) is 4.20. The molecule has 1 aromatic rings. The fourth-order valence-corrected chi connectivity index (χ4v) is 1.99. The molecule has 68 valence electrons. The Labute approximate surface area is 85.7 Å². The molecule has 0 atom stereocenters. The van der Waals surface area contributed by atoms with Crippen molar-refractivity contribution in [1.82, 2.24) is 0 Å². The minimum atomic E-state index is 0.986. The molecule has 0 radical (unpaired) electrons. The quantitative estimate of drug-likeness (QED) is 0.691. The Hall–Kier alpha value is -0.830. The number of halogens is 1. The second-order valence-electron chi connectivity index (χ2n) is 3.02. The summed E-state index contributed by atoms with van der Waals surface area (Å²) in [6.45, 7) is 0. The van der Waals surface area contributed by atoms with Crippen LogP contribution in [-0.4, -0.2) is 12.8 Å². The fourth-order valence-electron chi connectivity index (χ4n) is 1.63. The molecule has 1 aromatic carbocycles. The fraction of sp³-hybridized carbons (Fsp3) is 0.300. The summed E-state index contributed by atoms with van der Waals surface area (Å²) in [7, 11) is 1.59. The van der Waals surface area contributed by atoms with E-state index in [2.05, 4.69) is 39.3 Å². The second kappa shape index (κ2) is 3.50. The van der Waals surface area contributed by atoms with Crippen molar-refractivity contribution < 1.29 is 4.84 Å². The minimum Gasteiger partial charge on any atom is -0.399 e. The van der Waals surface area contributed by atoms with Gasteiger partial charge in [0.05, 0.1) is 5.71 Å². The van der Waals surface area contributed by atoms with Gasteiger partial charge in [-0.05, 0) is 30.5 Å². The van der Waals surface area contributed by atoms with E-state index in [1.807, 2.05) is 0 Å². The summed E-state index contributed by atoms with van der Waals surface area (Å²) in [6, 6.07) is 6.30. The maximum Gasteiger partial charge on any atom is 0.106 e. The molecule has 0 saturated heterocycles. The van der Waals surface area contributed by atoms with Crippen LogP contribution in [0.4, 0.5) is 0 Å². The van der Waals surface area contributed by atoms with Gasteiger partial charge in [0, 0.05) is 10.0 Å². The average molecular weight is 240 g/mol. The summed E-state index contributed by atoms with van der Waals surface area (Å²) in [6.07, 6.45) is 2.06. The predicted molar refractivity (Wildman–Crippen MR) is 56.0 cm³/mol. The van der Waals surface area contributed by atoms with Gasteiger partial charge in [-0.15, -0.1) is 0 Å². The third kappa shape index (κ3) is 1.61. The molecule has 0 spiro atoms. The molecule has 0 bridgehead atoms. The van der Waals surface area contributed by atoms with Gasteiger partial charge in [0.15, 0.2) is 0 Å². The van der Waals surface area contributed by atoms with Crippen LogP contribution in [0.2, 0.25) is 0 Å². The molecule has 13 heavy (non-hydrogen) atoms. The highest BCUT2D eigenvalue weighted by Gasteiger charge is 2.17. The third-order valence-corrected chi connectivity index (χ3v) is 2.71. The summed E-state index contributed by atoms with van der Waals surface area (Å²) in [5.41, 5.74) is 3.63. The normalized spacial score (nSPS) is 17.5. The number of benzene rings is 1. The Kier molecular flexibility index (Phi) is 2.36. The van der Waals surface area contributed by atoms with E-state index in [1.165, 1.54) is 11.1 Å². The van der Waals surface area contributed by atoms with Crippen LogP contribution in [-0.2, 0) is 11.3 Å². The standard InChI is InChI=1S/C10H10BrNO/c1-13-12-10-5-3-7-2-4-8(11)6-9(7)10/h2,4,6H,3,5H2,1H3/b12-10-. The Morgan fingerprint density at radius 2 is 2.23 bits per heavy atom. The van der Waals surface area contributed by atoms with E-state index in [1.54, 1.807) is 7.11 Å². The van der Waals surface area contributed by atoms with E-state index in [0.29, 0.717) is 0 Å². The maximum absolute atomic E-state index is 4.80. The maximum atomic E-state index is 4.80. The van der Waals surface area contributed by atoms with Crippen molar-refractivity contribution in [3.8, 4) is 0 Å². The van der Waals surface area contributed by atoms with Gasteiger partial charge in [-0.3, -0.25) is 0 Å². The zero-order chi connectivity index (χ0) is 9.26. The van der Waals surface area contributed by atoms with E-state index in [-0.39, 0.29) is 0 Å². The van der Waals surface area contributed by atoms with Crippen LogP contribution in [0.5, 0.6) is 0 Å². The molecular weight excluding hydrogens is 230 g/mol. The molecule has 3 heteroatoms. The highest BCUT2D eigenvalue weighted by Crippen LogP contribution is 2.25. The van der Waals surface area contributed by atoms with Crippen LogP contribution in [0.25, 0.3) is 0 Å². The topological polar surface area (TPSA) is 21.6 Å². The number of oxime groups is 1. The molecule has 0 N–H and O–H groups in total. The third-order valence-electron chi connectivity index (χ3n) is 2.22. The molecule has 0 aliphatic heterocycles. The van der Waals surface area contributed by atoms with Crippen molar-refractivity contribution in [1.29, 1.82) is 0 Å². The molecule has 0 unspecified atom stereocenters. The molecule has 1 aliphatic rings. The summed E-state index contributed by atoms with van der Waals surface area (Å²) < 4.78 is 1.09. The molecule has 2 nitrogen and oxygen atoms in total. The molecule has 0 fully saturated rings. The van der Waals surface area contributed by atoms with Crippen LogP contribution < -0.4 is 0 Å². The molecule has 2 rings (SSSR count). The molecule has 0 aromatic heterocycles. The number of hydrogen-bond acceptors (Lipinski definition) is 2. The van der Waals surface area contributed by atoms with Gasteiger partial charge < -0.3 is 4.84 Å². The highest BCUT2D eigenvalue weighted by molar-refractivity contribution is 9.10. The van der Waals surface area contributed by atoms with Crippen LogP contribution in [0, 0.1) is 0 Å². The van der Waals surface area contributed by atoms with Crippen LogP contribution >= 0.6 is 15.9 Å². The van der Waals surface area contributed by atoms with Crippen LogP contribution in [0.15, 0.2) is 27.8 Å². The lowest BCUT2D eigenvalue weighted by Crippen LogP contribution is -1.94. The van der Waals surface area contributed by atoms with Crippen molar-refractivity contribution in [3.63, 3.8) is 0 Å². The Morgan fingerprint density at radius 3 is 3.00 bits per heavy atom. The van der Waals surface area contributed by atoms with Crippen molar-refractivity contribution in [2.75, 3.05) is 7.11 Å². The van der Waals surface area contributed by atoms with Gasteiger partial charge in [-0.25, -0.2) is 0 Å². The molecule has 0 amide bonds. The summed E-state index contributed by atoms with van der Waals surface area (Å²) >= 11 is 3.45. The summed E-state index contributed by atoms with van der Waals surface area (Å²) in [5, 5.41) is 4.00. The largest absolute Gasteiger partial charge is 0.399 e. The van der Waals surface area contributed by atoms with E-state index in [4.69, 9.17) is 4.84 Å². The van der Waals surface area contributed by atoms with Crippen LogP contribution in [0.3, 0.4) is 0 Å². The lowest BCUT2D eigenvalue weighted by atomic mass is 10.1. The summed E-state index contributed by atoms with van der Waals surface area (Å²) in [4.78, 5) is 4.80. The van der Waals surface area contributed by atoms with E-state index in [9.17, 15) is 0 Å². The lowest BCUT2D eigenvalue weighted by molar-refractivity contribution is 0.213. The first-order valence-corrected chi connectivity index (χ1v) is 4.99. The Bertz CT molecular complexity index is 360. The van der Waals surface area contributed by atoms with Crippen molar-refractivity contribution >= 4 is 21.6 Å². The van der Waals surface area contributed by atoms with Gasteiger partial charge in [0.1, 0.15) is 7.11 Å². The molecule has 0 saturated carbocycles. The van der Waals surface area contributed by atoms with Crippen molar-refractivity contribution in [3.05, 3.63) is 33.8 Å². The zero-order valence-electron chi connectivity index (χ0n) is 7.38. The number of nitrogens with zero attached hydrogens (tertiary/aromatic N) is 1. The zero-order valence-corrected chi connectivity index (χ0v) is 8.97. The smallest absolute Gasteiger partial charge is 0.106 e. The van der Waals surface area contributed by atoms with Gasteiger partial charge in [-0.1, -0.05) is 27.2 Å². The van der Waals surface area contributed by atoms with Crippen molar-refractivity contribution in [2.24, 2.45) is 5.16 Å². The first kappa shape index (κ1) is 8.75. The number of aryl methyl sites for hydroxylation is 1. The van der Waals surface area contributed by atoms with Gasteiger partial charge in [0.25, 0.3) is 0 Å². The number of hydrogen-bond donors (Lipinski definition) is 0. The van der Waals surface area contributed by atoms with Gasteiger partial charge in [0.2, 0.25) is 0 Å². The van der Waals surface area contributed by atoms with E-state index in [0.717, 1.165) is 23.0 Å². The molecule has 1 aliphatic carbocycles. The SMILES string of the molecule is CO/N=C1/CCc2ccc(Br)cc21. The first-order chi connectivity index (χ1) is 6.31. The Morgan fingerprint density at radius 1 is 1.38 bits per heavy atom. The lowest BCUT2D eigenvalue weighted by Gasteiger charge is -1.99. The highest BCUT2D eigenvalue weighted by atomic mass is 79.9. The Balaban J connectivity index is 2.46. The molecule has 0 heterocycles. The number of rotatable bonds is 1. The monoisotopic (exact) mass is 239 g/mol. The van der Waals surface area contributed by atoms with Gasteiger partial charge in [-0.2, -0.15) is 0 Å². The molecular formula is C10H10BrNO. The average Bonchev–Trinajstić information content (AvgIpc) is 2.49. The predicted octanol–water partition coefficient (Wildman–Crippen LogP) is 2.75. The van der Waals surface area contributed by atoms with E-state index >= 15 is 0 Å². The van der Waals surface area contributed by atoms with Gasteiger partial charge >= 0.3 is 0 Å². The van der Waals surface area contributed by atoms with E-state index < -0.39 is 0 Å². The second-order valence-corrected chi connectivity index (χ2v) is 3.94. The number of fused-ring (bicyclic) bond motifs is 1. The minimum absolute atomic E-state index is 0.986. The van der Waals surface area contributed by atoms with Crippen molar-refractivity contribution in [2.45, 2.75) is 12.8 Å². The van der Waals surface area contributed by atoms with Crippen LogP contribution in [0.1, 0.15) is 17.5 Å².